The number of ether oxygens (including phenoxy) is 1. The fourth-order valence-corrected chi connectivity index (χ4v) is 2.54. The Kier molecular flexibility index (Phi) is 4.64. The number of methoxy groups -OCH3 is 1. The molecule has 106 valence electrons. The molecule has 0 radical (unpaired) electrons. The van der Waals surface area contributed by atoms with Crippen molar-refractivity contribution in [2.75, 3.05) is 13.7 Å². The molecule has 2 unspecified atom stereocenters. The molecule has 0 N–H and O–H groups in total. The number of halogens is 1. The van der Waals surface area contributed by atoms with Crippen LogP contribution < -0.4 is 0 Å². The Bertz CT molecular complexity index is 642. The summed E-state index contributed by atoms with van der Waals surface area (Å²) in [5.74, 6) is 0.799. The molecule has 20 heavy (non-hydrogen) atoms. The summed E-state index contributed by atoms with van der Waals surface area (Å²) in [6, 6.07) is 8.04. The molecule has 0 amide bonds. The molecular formula is C15H18ClN3O. The van der Waals surface area contributed by atoms with Crippen molar-refractivity contribution in [1.82, 2.24) is 9.55 Å². The summed E-state index contributed by atoms with van der Waals surface area (Å²) < 4.78 is 7.27. The average molecular weight is 292 g/mol. The average Bonchev–Trinajstić information content (AvgIpc) is 2.84. The standard InChI is InChI=1S/C15H18ClN3O/c1-10(7-8-20-3)19-13-6-4-5-12(9-17)14(13)18-15(19)11(2)16/h4-6,10-11H,7-8H2,1-3H3. The van der Waals surface area contributed by atoms with E-state index in [2.05, 4.69) is 22.5 Å². The van der Waals surface area contributed by atoms with Crippen LogP contribution in [0.15, 0.2) is 18.2 Å². The molecule has 4 nitrogen and oxygen atoms in total. The van der Waals surface area contributed by atoms with Gasteiger partial charge in [-0.05, 0) is 32.4 Å². The molecule has 2 atom stereocenters. The zero-order chi connectivity index (χ0) is 14.7. The third-order valence-corrected chi connectivity index (χ3v) is 3.60. The van der Waals surface area contributed by atoms with Crippen LogP contribution in [0.3, 0.4) is 0 Å². The van der Waals surface area contributed by atoms with Crippen LogP contribution in [0.1, 0.15) is 43.1 Å². The lowest BCUT2D eigenvalue weighted by Crippen LogP contribution is -2.11. The van der Waals surface area contributed by atoms with Gasteiger partial charge in [0.1, 0.15) is 17.4 Å². The van der Waals surface area contributed by atoms with E-state index in [1.54, 1.807) is 13.2 Å². The van der Waals surface area contributed by atoms with E-state index in [0.717, 1.165) is 23.3 Å². The van der Waals surface area contributed by atoms with E-state index in [1.807, 2.05) is 19.1 Å². The highest BCUT2D eigenvalue weighted by atomic mass is 35.5. The molecule has 0 spiro atoms. The molecule has 2 aromatic rings. The van der Waals surface area contributed by atoms with Gasteiger partial charge in [-0.25, -0.2) is 4.98 Å². The fourth-order valence-electron chi connectivity index (χ4n) is 2.39. The van der Waals surface area contributed by atoms with E-state index in [9.17, 15) is 5.26 Å². The van der Waals surface area contributed by atoms with Gasteiger partial charge < -0.3 is 9.30 Å². The van der Waals surface area contributed by atoms with Gasteiger partial charge in [0.2, 0.25) is 0 Å². The Morgan fingerprint density at radius 2 is 2.20 bits per heavy atom. The number of alkyl halides is 1. The van der Waals surface area contributed by atoms with Crippen molar-refractivity contribution in [2.45, 2.75) is 31.7 Å². The minimum Gasteiger partial charge on any atom is -0.385 e. The van der Waals surface area contributed by atoms with Crippen LogP contribution in [0.4, 0.5) is 0 Å². The highest BCUT2D eigenvalue weighted by Crippen LogP contribution is 2.30. The molecule has 0 bridgehead atoms. The van der Waals surface area contributed by atoms with Crippen LogP contribution in [0.2, 0.25) is 0 Å². The number of fused-ring (bicyclic) bond motifs is 1. The fraction of sp³-hybridized carbons (Fsp3) is 0.467. The molecule has 0 aliphatic rings. The first-order chi connectivity index (χ1) is 9.60. The minimum atomic E-state index is -0.209. The SMILES string of the molecule is COCCC(C)n1c(C(C)Cl)nc2c(C#N)cccc21. The van der Waals surface area contributed by atoms with E-state index >= 15 is 0 Å². The van der Waals surface area contributed by atoms with Crippen molar-refractivity contribution in [1.29, 1.82) is 5.26 Å². The largest absolute Gasteiger partial charge is 0.385 e. The second-order valence-corrected chi connectivity index (χ2v) is 5.53. The van der Waals surface area contributed by atoms with Crippen molar-refractivity contribution in [3.8, 4) is 6.07 Å². The highest BCUT2D eigenvalue weighted by Gasteiger charge is 2.20. The number of aromatic nitrogens is 2. The van der Waals surface area contributed by atoms with Gasteiger partial charge >= 0.3 is 0 Å². The van der Waals surface area contributed by atoms with Gasteiger partial charge in [-0.2, -0.15) is 5.26 Å². The summed E-state index contributed by atoms with van der Waals surface area (Å²) >= 11 is 6.26. The van der Waals surface area contributed by atoms with E-state index in [4.69, 9.17) is 16.3 Å². The predicted molar refractivity (Wildman–Crippen MR) is 79.9 cm³/mol. The molecule has 0 aliphatic carbocycles. The van der Waals surface area contributed by atoms with Gasteiger partial charge in [-0.1, -0.05) is 6.07 Å². The van der Waals surface area contributed by atoms with E-state index in [1.165, 1.54) is 0 Å². The molecule has 0 aliphatic heterocycles. The number of hydrogen-bond donors (Lipinski definition) is 0. The number of rotatable bonds is 5. The summed E-state index contributed by atoms with van der Waals surface area (Å²) in [5.41, 5.74) is 2.26. The second-order valence-electron chi connectivity index (χ2n) is 4.87. The van der Waals surface area contributed by atoms with E-state index in [0.29, 0.717) is 12.2 Å². The van der Waals surface area contributed by atoms with Crippen molar-refractivity contribution in [2.24, 2.45) is 0 Å². The minimum absolute atomic E-state index is 0.209. The number of nitrogens with zero attached hydrogens (tertiary/aromatic N) is 3. The summed E-state index contributed by atoms with van der Waals surface area (Å²) in [6.07, 6.45) is 0.870. The lowest BCUT2D eigenvalue weighted by atomic mass is 10.2. The van der Waals surface area contributed by atoms with Crippen LogP contribution in [0.25, 0.3) is 11.0 Å². The highest BCUT2D eigenvalue weighted by molar-refractivity contribution is 6.20. The van der Waals surface area contributed by atoms with Gasteiger partial charge in [-0.15, -0.1) is 11.6 Å². The number of hydrogen-bond acceptors (Lipinski definition) is 3. The summed E-state index contributed by atoms with van der Waals surface area (Å²) in [7, 11) is 1.69. The zero-order valence-electron chi connectivity index (χ0n) is 11.9. The topological polar surface area (TPSA) is 50.8 Å². The molecular weight excluding hydrogens is 274 g/mol. The normalized spacial score (nSPS) is 14.2. The summed E-state index contributed by atoms with van der Waals surface area (Å²) in [5, 5.41) is 8.99. The molecule has 2 rings (SSSR count). The summed E-state index contributed by atoms with van der Waals surface area (Å²) in [6.45, 7) is 4.69. The lowest BCUT2D eigenvalue weighted by molar-refractivity contribution is 0.181. The van der Waals surface area contributed by atoms with E-state index in [-0.39, 0.29) is 11.4 Å². The van der Waals surface area contributed by atoms with Crippen LogP contribution in [0, 0.1) is 11.3 Å². The Hall–Kier alpha value is -1.57. The second kappa shape index (κ2) is 6.25. The Labute approximate surface area is 123 Å². The number of para-hydroxylation sites is 1. The quantitative estimate of drug-likeness (QED) is 0.787. The molecule has 0 fully saturated rings. The first-order valence-corrected chi connectivity index (χ1v) is 7.07. The molecule has 1 aromatic heterocycles. The number of imidazole rings is 1. The maximum Gasteiger partial charge on any atom is 0.128 e. The van der Waals surface area contributed by atoms with Crippen LogP contribution in [-0.2, 0) is 4.74 Å². The smallest absolute Gasteiger partial charge is 0.128 e. The van der Waals surface area contributed by atoms with Crippen molar-refractivity contribution in [3.63, 3.8) is 0 Å². The van der Waals surface area contributed by atoms with Crippen LogP contribution in [-0.4, -0.2) is 23.3 Å². The molecule has 5 heteroatoms. The lowest BCUT2D eigenvalue weighted by Gasteiger charge is -2.18. The van der Waals surface area contributed by atoms with Crippen molar-refractivity contribution in [3.05, 3.63) is 29.6 Å². The molecule has 1 aromatic carbocycles. The number of benzene rings is 1. The van der Waals surface area contributed by atoms with Gasteiger partial charge in [-0.3, -0.25) is 0 Å². The van der Waals surface area contributed by atoms with Gasteiger partial charge in [0.25, 0.3) is 0 Å². The Morgan fingerprint density at radius 1 is 1.45 bits per heavy atom. The molecule has 0 saturated carbocycles. The van der Waals surface area contributed by atoms with Crippen LogP contribution in [0.5, 0.6) is 0 Å². The first-order valence-electron chi connectivity index (χ1n) is 6.64. The Balaban J connectivity index is 2.61. The third-order valence-electron chi connectivity index (χ3n) is 3.40. The first kappa shape index (κ1) is 14.8. The zero-order valence-corrected chi connectivity index (χ0v) is 12.7. The predicted octanol–water partition coefficient (Wildman–Crippen LogP) is 3.81. The monoisotopic (exact) mass is 291 g/mol. The third kappa shape index (κ3) is 2.65. The van der Waals surface area contributed by atoms with Gasteiger partial charge in [0.15, 0.2) is 0 Å². The molecule has 0 saturated heterocycles. The maximum absolute atomic E-state index is 9.20. The van der Waals surface area contributed by atoms with E-state index < -0.39 is 0 Å². The van der Waals surface area contributed by atoms with Crippen molar-refractivity contribution >= 4 is 22.6 Å². The maximum atomic E-state index is 9.20. The Morgan fingerprint density at radius 3 is 2.80 bits per heavy atom. The van der Waals surface area contributed by atoms with Gasteiger partial charge in [0, 0.05) is 19.8 Å². The number of nitriles is 1. The van der Waals surface area contributed by atoms with Crippen molar-refractivity contribution < 1.29 is 4.74 Å². The van der Waals surface area contributed by atoms with Crippen LogP contribution >= 0.6 is 11.6 Å². The summed E-state index contributed by atoms with van der Waals surface area (Å²) in [4.78, 5) is 4.58. The molecule has 1 heterocycles. The van der Waals surface area contributed by atoms with Gasteiger partial charge in [0.05, 0.1) is 16.5 Å².